The topological polar surface area (TPSA) is 78.9 Å². The average molecular weight is 173 g/mol. The number of fused-ring (bicyclic) bond motifs is 1. The average Bonchev–Trinajstić information content (AvgIpc) is 2.46. The maximum Gasteiger partial charge on any atom is 0.354 e. The monoisotopic (exact) mass is 173 g/mol. The minimum Gasteiger partial charge on any atom is -0.477 e. The van der Waals surface area contributed by atoms with E-state index < -0.39 is 5.97 Å². The molecule has 6 heteroatoms. The molecular weight excluding hydrogens is 169 g/mol. The molecule has 2 N–H and O–H groups in total. The maximum atomic E-state index is 10.6. The highest BCUT2D eigenvalue weighted by molar-refractivity contribution is 6.33. The van der Waals surface area contributed by atoms with Crippen molar-refractivity contribution < 1.29 is 9.90 Å². The zero-order chi connectivity index (χ0) is 9.42. The summed E-state index contributed by atoms with van der Waals surface area (Å²) in [5.41, 5.74) is 0.776. The summed E-state index contributed by atoms with van der Waals surface area (Å²) in [6, 6.07) is 1.52. The van der Waals surface area contributed by atoms with Crippen LogP contribution in [-0.2, 0) is 0 Å². The maximum absolute atomic E-state index is 10.6. The lowest BCUT2D eigenvalue weighted by Gasteiger charge is -1.91. The van der Waals surface area contributed by atoms with E-state index in [9.17, 15) is 4.79 Å². The second-order valence-electron chi connectivity index (χ2n) is 2.54. The summed E-state index contributed by atoms with van der Waals surface area (Å²) < 4.78 is 0. The van der Waals surface area contributed by atoms with Gasteiger partial charge in [-0.15, -0.1) is 0 Å². The van der Waals surface area contributed by atoms with Crippen molar-refractivity contribution in [2.45, 2.75) is 0 Å². The van der Waals surface area contributed by atoms with E-state index in [1.54, 1.807) is 0 Å². The molecule has 62 valence electrons. The number of hydrogen-bond donors (Lipinski definition) is 2. The molecule has 2 aromatic rings. The van der Waals surface area contributed by atoms with Crippen molar-refractivity contribution in [2.24, 2.45) is 0 Å². The standard InChI is InChI=1S/C7H4BN3O2/c8-3-1-4-5(7(12)13)10-11-6(4)9-2-3/h1-2H,(H,12,13)(H,9,10,11). The molecule has 2 rings (SSSR count). The zero-order valence-corrected chi connectivity index (χ0v) is 6.48. The number of aromatic carboxylic acids is 1. The Hall–Kier alpha value is -1.85. The Morgan fingerprint density at radius 2 is 2.38 bits per heavy atom. The lowest BCUT2D eigenvalue weighted by molar-refractivity contribution is 0.0692. The summed E-state index contributed by atoms with van der Waals surface area (Å²) in [5, 5.41) is 15.2. The second kappa shape index (κ2) is 2.58. The molecule has 0 saturated heterocycles. The summed E-state index contributed by atoms with van der Waals surface area (Å²) in [5.74, 6) is -1.07. The van der Waals surface area contributed by atoms with E-state index in [0.717, 1.165) is 0 Å². The van der Waals surface area contributed by atoms with Crippen LogP contribution in [0.15, 0.2) is 12.3 Å². The van der Waals surface area contributed by atoms with Gasteiger partial charge in [-0.05, 0) is 0 Å². The largest absolute Gasteiger partial charge is 0.477 e. The normalized spacial score (nSPS) is 10.5. The van der Waals surface area contributed by atoms with Gasteiger partial charge < -0.3 is 5.11 Å². The van der Waals surface area contributed by atoms with Crippen molar-refractivity contribution >= 4 is 30.3 Å². The van der Waals surface area contributed by atoms with Gasteiger partial charge in [0.15, 0.2) is 11.3 Å². The summed E-state index contributed by atoms with van der Waals surface area (Å²) in [4.78, 5) is 14.5. The van der Waals surface area contributed by atoms with Crippen molar-refractivity contribution in [3.05, 3.63) is 18.0 Å². The summed E-state index contributed by atoms with van der Waals surface area (Å²) in [6.07, 6.45) is 1.43. The highest BCUT2D eigenvalue weighted by atomic mass is 16.4. The number of rotatable bonds is 1. The smallest absolute Gasteiger partial charge is 0.354 e. The summed E-state index contributed by atoms with van der Waals surface area (Å²) in [7, 11) is 5.45. The van der Waals surface area contributed by atoms with Crippen molar-refractivity contribution in [3.8, 4) is 0 Å². The van der Waals surface area contributed by atoms with Crippen molar-refractivity contribution in [2.75, 3.05) is 0 Å². The zero-order valence-electron chi connectivity index (χ0n) is 6.48. The fourth-order valence-electron chi connectivity index (χ4n) is 1.08. The predicted molar refractivity (Wildman–Crippen MR) is 46.2 cm³/mol. The first kappa shape index (κ1) is 7.79. The van der Waals surface area contributed by atoms with Gasteiger partial charge in [0.25, 0.3) is 0 Å². The van der Waals surface area contributed by atoms with Gasteiger partial charge in [0, 0.05) is 6.20 Å². The molecule has 2 heterocycles. The third kappa shape index (κ3) is 1.16. The fraction of sp³-hybridized carbons (Fsp3) is 0. The minimum atomic E-state index is -1.07. The number of nitrogens with one attached hydrogen (secondary N) is 1. The lowest BCUT2D eigenvalue weighted by atomic mass is 9.97. The van der Waals surface area contributed by atoms with Crippen LogP contribution in [0.2, 0.25) is 0 Å². The van der Waals surface area contributed by atoms with E-state index in [1.165, 1.54) is 12.3 Å². The highest BCUT2D eigenvalue weighted by Gasteiger charge is 2.11. The van der Waals surface area contributed by atoms with Gasteiger partial charge in [-0.2, -0.15) is 5.10 Å². The van der Waals surface area contributed by atoms with Crippen LogP contribution in [-0.4, -0.2) is 34.1 Å². The number of aromatic nitrogens is 3. The number of carboxylic acids is 1. The van der Waals surface area contributed by atoms with Crippen LogP contribution < -0.4 is 5.46 Å². The molecule has 5 nitrogen and oxygen atoms in total. The molecule has 0 aliphatic carbocycles. The molecule has 0 aliphatic heterocycles. The molecule has 0 unspecified atom stereocenters. The van der Waals surface area contributed by atoms with Crippen LogP contribution in [0.1, 0.15) is 10.5 Å². The fourth-order valence-corrected chi connectivity index (χ4v) is 1.08. The molecular formula is C7H4BN3O2. The van der Waals surface area contributed by atoms with Crippen LogP contribution in [0, 0.1) is 0 Å². The van der Waals surface area contributed by atoms with E-state index in [4.69, 9.17) is 13.0 Å². The molecule has 0 aromatic carbocycles. The molecule has 2 radical (unpaired) electrons. The van der Waals surface area contributed by atoms with Crippen molar-refractivity contribution in [1.82, 2.24) is 15.2 Å². The quantitative estimate of drug-likeness (QED) is 0.567. The Bertz CT molecular complexity index is 480. The summed E-state index contributed by atoms with van der Waals surface area (Å²) >= 11 is 0. The van der Waals surface area contributed by atoms with Gasteiger partial charge in [-0.1, -0.05) is 11.5 Å². The van der Waals surface area contributed by atoms with Gasteiger partial charge >= 0.3 is 5.97 Å². The van der Waals surface area contributed by atoms with Crippen LogP contribution in [0.5, 0.6) is 0 Å². The van der Waals surface area contributed by atoms with Crippen LogP contribution in [0.25, 0.3) is 11.0 Å². The van der Waals surface area contributed by atoms with Gasteiger partial charge in [0.1, 0.15) is 7.85 Å². The lowest BCUT2D eigenvalue weighted by Crippen LogP contribution is -2.03. The highest BCUT2D eigenvalue weighted by Crippen LogP contribution is 2.10. The third-order valence-electron chi connectivity index (χ3n) is 1.64. The van der Waals surface area contributed by atoms with Gasteiger partial charge in [-0.3, -0.25) is 5.10 Å². The molecule has 2 aromatic heterocycles. The molecule has 13 heavy (non-hydrogen) atoms. The molecule has 0 saturated carbocycles. The van der Waals surface area contributed by atoms with Crippen molar-refractivity contribution in [1.29, 1.82) is 0 Å². The number of H-pyrrole nitrogens is 1. The Morgan fingerprint density at radius 3 is 3.08 bits per heavy atom. The molecule has 0 atom stereocenters. The number of carbonyl (C=O) groups is 1. The van der Waals surface area contributed by atoms with Crippen LogP contribution in [0.3, 0.4) is 0 Å². The molecule has 0 amide bonds. The molecule has 0 aliphatic rings. The second-order valence-corrected chi connectivity index (χ2v) is 2.54. The Morgan fingerprint density at radius 1 is 1.62 bits per heavy atom. The molecule has 0 fully saturated rings. The Kier molecular flexibility index (Phi) is 1.55. The van der Waals surface area contributed by atoms with Gasteiger partial charge in [0.2, 0.25) is 0 Å². The number of hydrogen-bond acceptors (Lipinski definition) is 3. The Balaban J connectivity index is 2.79. The number of nitrogens with zero attached hydrogens (tertiary/aromatic N) is 2. The molecule has 0 bridgehead atoms. The first-order valence-corrected chi connectivity index (χ1v) is 3.51. The van der Waals surface area contributed by atoms with E-state index in [0.29, 0.717) is 16.5 Å². The number of carboxylic acid groups (broad SMARTS) is 1. The number of pyridine rings is 1. The summed E-state index contributed by atoms with van der Waals surface area (Å²) in [6.45, 7) is 0. The van der Waals surface area contributed by atoms with Crippen LogP contribution in [0.4, 0.5) is 0 Å². The first-order chi connectivity index (χ1) is 6.18. The van der Waals surface area contributed by atoms with E-state index in [1.807, 2.05) is 0 Å². The van der Waals surface area contributed by atoms with E-state index in [2.05, 4.69) is 15.2 Å². The van der Waals surface area contributed by atoms with Gasteiger partial charge in [0.05, 0.1) is 5.39 Å². The number of aromatic amines is 1. The van der Waals surface area contributed by atoms with E-state index in [-0.39, 0.29) is 5.69 Å². The Labute approximate surface area is 74.2 Å². The van der Waals surface area contributed by atoms with Crippen molar-refractivity contribution in [3.63, 3.8) is 0 Å². The van der Waals surface area contributed by atoms with Crippen LogP contribution >= 0.6 is 0 Å². The molecule has 0 spiro atoms. The SMILES string of the molecule is [B]c1cnc2n[nH]c(C(=O)O)c2c1. The minimum absolute atomic E-state index is 0.00907. The third-order valence-corrected chi connectivity index (χ3v) is 1.64. The van der Waals surface area contributed by atoms with Gasteiger partial charge in [-0.25, -0.2) is 9.78 Å². The van der Waals surface area contributed by atoms with E-state index >= 15 is 0 Å². The first-order valence-electron chi connectivity index (χ1n) is 3.51. The predicted octanol–water partition coefficient (Wildman–Crippen LogP) is -0.550.